The molecule has 0 aliphatic rings. The van der Waals surface area contributed by atoms with Crippen LogP contribution in [-0.4, -0.2) is 19.4 Å². The molecule has 0 N–H and O–H groups in total. The van der Waals surface area contributed by atoms with Crippen LogP contribution >= 0.6 is 7.60 Å². The Hall–Kier alpha value is 0.150. The largest absolute Gasteiger partial charge is 0.330 e. The third-order valence-corrected chi connectivity index (χ3v) is 8.61. The van der Waals surface area contributed by atoms with Crippen molar-refractivity contribution in [1.82, 2.24) is 0 Å². The van der Waals surface area contributed by atoms with Crippen LogP contribution in [0.5, 0.6) is 0 Å². The van der Waals surface area contributed by atoms with Gasteiger partial charge in [-0.25, -0.2) is 0 Å². The van der Waals surface area contributed by atoms with E-state index >= 15 is 0 Å². The first-order chi connectivity index (χ1) is 13.5. The summed E-state index contributed by atoms with van der Waals surface area (Å²) in [6.45, 7) is 14.6. The van der Waals surface area contributed by atoms with E-state index < -0.39 is 7.60 Å². The smallest absolute Gasteiger partial charge is 0.309 e. The van der Waals surface area contributed by atoms with Crippen molar-refractivity contribution in [1.29, 1.82) is 0 Å². The van der Waals surface area contributed by atoms with Gasteiger partial charge in [0.1, 0.15) is 0 Å². The monoisotopic (exact) mass is 418 g/mol. The first-order valence-corrected chi connectivity index (χ1v) is 14.1. The van der Waals surface area contributed by atoms with Gasteiger partial charge in [0.15, 0.2) is 0 Å². The van der Waals surface area contributed by atoms with Crippen LogP contribution in [0.15, 0.2) is 0 Å². The van der Waals surface area contributed by atoms with Crippen molar-refractivity contribution in [3.8, 4) is 0 Å². The highest BCUT2D eigenvalue weighted by Gasteiger charge is 2.24. The molecule has 170 valence electrons. The van der Waals surface area contributed by atoms with E-state index in [1.165, 1.54) is 38.5 Å². The van der Waals surface area contributed by atoms with Gasteiger partial charge in [-0.3, -0.25) is 4.57 Å². The Kier molecular flexibility index (Phi) is 18.1. The third kappa shape index (κ3) is 13.4. The Morgan fingerprint density at radius 2 is 0.893 bits per heavy atom. The Labute approximate surface area is 177 Å². The van der Waals surface area contributed by atoms with E-state index in [9.17, 15) is 4.57 Å². The summed E-state index contributed by atoms with van der Waals surface area (Å²) in [4.78, 5) is 0. The van der Waals surface area contributed by atoms with Crippen molar-refractivity contribution in [2.24, 2.45) is 17.8 Å². The molecule has 28 heavy (non-hydrogen) atoms. The van der Waals surface area contributed by atoms with Crippen LogP contribution in [0.2, 0.25) is 0 Å². The Morgan fingerprint density at radius 3 is 1.21 bits per heavy atom. The van der Waals surface area contributed by atoms with E-state index in [4.69, 9.17) is 9.05 Å². The summed E-state index contributed by atoms with van der Waals surface area (Å²) < 4.78 is 25.1. The molecule has 0 heterocycles. The molecular weight excluding hydrogens is 367 g/mol. The van der Waals surface area contributed by atoms with Gasteiger partial charge in [0.25, 0.3) is 0 Å². The minimum atomic E-state index is -2.95. The van der Waals surface area contributed by atoms with E-state index in [-0.39, 0.29) is 0 Å². The van der Waals surface area contributed by atoms with Gasteiger partial charge in [-0.1, -0.05) is 80.1 Å². The lowest BCUT2D eigenvalue weighted by atomic mass is 9.98. The molecule has 0 radical (unpaired) electrons. The summed E-state index contributed by atoms with van der Waals surface area (Å²) in [6.07, 6.45) is 14.2. The van der Waals surface area contributed by atoms with E-state index in [0.717, 1.165) is 56.3 Å². The second kappa shape index (κ2) is 18.0. The highest BCUT2D eigenvalue weighted by molar-refractivity contribution is 7.53. The quantitative estimate of drug-likeness (QED) is 0.146. The zero-order chi connectivity index (χ0) is 21.3. The summed E-state index contributed by atoms with van der Waals surface area (Å²) >= 11 is 0. The van der Waals surface area contributed by atoms with Gasteiger partial charge in [-0.05, 0) is 56.3 Å². The minimum absolute atomic E-state index is 0.575. The Bertz CT molecular complexity index is 350. The first kappa shape index (κ1) is 28.1. The van der Waals surface area contributed by atoms with Crippen LogP contribution in [0, 0.1) is 17.8 Å². The van der Waals surface area contributed by atoms with Crippen LogP contribution in [0.25, 0.3) is 0 Å². The topological polar surface area (TPSA) is 35.5 Å². The minimum Gasteiger partial charge on any atom is -0.309 e. The molecule has 0 saturated carbocycles. The van der Waals surface area contributed by atoms with E-state index in [0.29, 0.717) is 19.4 Å². The average Bonchev–Trinajstić information content (AvgIpc) is 2.71. The zero-order valence-electron chi connectivity index (χ0n) is 20.0. The first-order valence-electron chi connectivity index (χ1n) is 12.4. The van der Waals surface area contributed by atoms with Crippen molar-refractivity contribution in [3.63, 3.8) is 0 Å². The highest BCUT2D eigenvalue weighted by atomic mass is 31.2. The molecule has 4 heteroatoms. The molecule has 0 aromatic carbocycles. The van der Waals surface area contributed by atoms with Gasteiger partial charge in [0.2, 0.25) is 0 Å². The fourth-order valence-electron chi connectivity index (χ4n) is 3.98. The summed E-state index contributed by atoms with van der Waals surface area (Å²) in [7, 11) is -2.95. The molecule has 0 rings (SSSR count). The second-order valence-corrected chi connectivity index (χ2v) is 10.7. The molecule has 0 aromatic heterocycles. The SMILES string of the molecule is CCC(CC)CCCOP(=O)(CCCC(CC)CC)OCCCC(CC)CC. The zero-order valence-corrected chi connectivity index (χ0v) is 20.9. The predicted octanol–water partition coefficient (Wildman–Crippen LogP) is 8.86. The van der Waals surface area contributed by atoms with Crippen LogP contribution in [0.3, 0.4) is 0 Å². The summed E-state index contributed by atoms with van der Waals surface area (Å²) in [5.74, 6) is 2.26. The van der Waals surface area contributed by atoms with Gasteiger partial charge in [0, 0.05) is 0 Å². The predicted molar refractivity (Wildman–Crippen MR) is 124 cm³/mol. The number of hydrogen-bond acceptors (Lipinski definition) is 3. The molecule has 0 aliphatic carbocycles. The molecule has 0 atom stereocenters. The standard InChI is InChI=1S/C24H51O3P/c1-7-22(8-2)16-13-19-26-28(25,21-15-18-24(11-5)12-6)27-20-14-17-23(9-3)10-4/h22-24H,7-21H2,1-6H3. The maximum Gasteiger partial charge on any atom is 0.330 e. The maximum absolute atomic E-state index is 13.3. The molecule has 3 nitrogen and oxygen atoms in total. The van der Waals surface area contributed by atoms with Crippen LogP contribution in [0.4, 0.5) is 0 Å². The molecule has 0 bridgehead atoms. The van der Waals surface area contributed by atoms with Gasteiger partial charge in [-0.2, -0.15) is 0 Å². The molecular formula is C24H51O3P. The Morgan fingerprint density at radius 1 is 0.571 bits per heavy atom. The average molecular weight is 419 g/mol. The molecule has 0 aromatic rings. The van der Waals surface area contributed by atoms with Gasteiger partial charge in [0.05, 0.1) is 19.4 Å². The van der Waals surface area contributed by atoms with Gasteiger partial charge >= 0.3 is 7.60 Å². The molecule has 0 amide bonds. The van der Waals surface area contributed by atoms with Crippen molar-refractivity contribution < 1.29 is 13.6 Å². The Balaban J connectivity index is 4.47. The fraction of sp³-hybridized carbons (Fsp3) is 1.00. The van der Waals surface area contributed by atoms with E-state index in [1.54, 1.807) is 0 Å². The van der Waals surface area contributed by atoms with E-state index in [2.05, 4.69) is 41.5 Å². The molecule has 0 unspecified atom stereocenters. The van der Waals surface area contributed by atoms with Gasteiger partial charge < -0.3 is 9.05 Å². The van der Waals surface area contributed by atoms with Gasteiger partial charge in [-0.15, -0.1) is 0 Å². The molecule has 0 fully saturated rings. The molecule has 0 spiro atoms. The maximum atomic E-state index is 13.3. The summed E-state index contributed by atoms with van der Waals surface area (Å²) in [5.41, 5.74) is 0. The number of hydrogen-bond donors (Lipinski definition) is 0. The summed E-state index contributed by atoms with van der Waals surface area (Å²) in [6, 6.07) is 0. The summed E-state index contributed by atoms with van der Waals surface area (Å²) in [5, 5.41) is 0. The van der Waals surface area contributed by atoms with Crippen molar-refractivity contribution in [3.05, 3.63) is 0 Å². The van der Waals surface area contributed by atoms with Crippen molar-refractivity contribution in [2.75, 3.05) is 19.4 Å². The lowest BCUT2D eigenvalue weighted by Crippen LogP contribution is -2.07. The third-order valence-electron chi connectivity index (χ3n) is 6.60. The normalized spacial score (nSPS) is 12.6. The van der Waals surface area contributed by atoms with Crippen LogP contribution in [0.1, 0.15) is 119 Å². The second-order valence-electron chi connectivity index (χ2n) is 8.48. The van der Waals surface area contributed by atoms with Crippen molar-refractivity contribution >= 4 is 7.60 Å². The lowest BCUT2D eigenvalue weighted by Gasteiger charge is -2.21. The lowest BCUT2D eigenvalue weighted by molar-refractivity contribution is 0.190. The van der Waals surface area contributed by atoms with E-state index in [1.807, 2.05) is 0 Å². The van der Waals surface area contributed by atoms with Crippen molar-refractivity contribution in [2.45, 2.75) is 119 Å². The molecule has 0 aliphatic heterocycles. The molecule has 0 saturated heterocycles. The highest BCUT2D eigenvalue weighted by Crippen LogP contribution is 2.49. The fourth-order valence-corrected chi connectivity index (χ4v) is 5.70. The van der Waals surface area contributed by atoms with Crippen LogP contribution < -0.4 is 0 Å². The number of rotatable bonds is 20. The van der Waals surface area contributed by atoms with Crippen LogP contribution in [-0.2, 0) is 13.6 Å².